The summed E-state index contributed by atoms with van der Waals surface area (Å²) < 4.78 is 1.35. The summed E-state index contributed by atoms with van der Waals surface area (Å²) in [5.74, 6) is 0. The molecule has 0 bridgehead atoms. The summed E-state index contributed by atoms with van der Waals surface area (Å²) in [7, 11) is 1.99. The summed E-state index contributed by atoms with van der Waals surface area (Å²) in [5.41, 5.74) is 2.56. The lowest BCUT2D eigenvalue weighted by molar-refractivity contribution is 0.590. The molecule has 1 atom stereocenters. The second-order valence-electron chi connectivity index (χ2n) is 4.48. The molecule has 0 saturated carbocycles. The second-order valence-corrected chi connectivity index (χ2v) is 5.39. The molecule has 3 aromatic rings. The molecule has 1 N–H and O–H groups in total. The lowest BCUT2D eigenvalue weighted by Gasteiger charge is -2.15. The summed E-state index contributed by atoms with van der Waals surface area (Å²) in [4.78, 5) is 0. The van der Waals surface area contributed by atoms with Crippen LogP contribution in [0.15, 0.2) is 48.1 Å². The van der Waals surface area contributed by atoms with Gasteiger partial charge in [-0.3, -0.25) is 0 Å². The minimum absolute atomic E-state index is 0.272. The summed E-state index contributed by atoms with van der Waals surface area (Å²) in [6.07, 6.45) is 4.54. The van der Waals surface area contributed by atoms with Gasteiger partial charge in [0.25, 0.3) is 0 Å². The third kappa shape index (κ3) is 2.50. The molecule has 96 valence electrons. The van der Waals surface area contributed by atoms with Gasteiger partial charge >= 0.3 is 0 Å². The van der Waals surface area contributed by atoms with Crippen molar-refractivity contribution in [3.8, 4) is 0 Å². The number of benzene rings is 1. The monoisotopic (exact) mass is 269 g/mol. The average Bonchev–Trinajstić information content (AvgIpc) is 2.89. The largest absolute Gasteiger partial charge is 0.313 e. The van der Waals surface area contributed by atoms with Gasteiger partial charge in [-0.25, -0.2) is 0 Å². The fraction of sp³-hybridized carbons (Fsp3) is 0.200. The maximum atomic E-state index is 3.96. The Morgan fingerprint density at radius 2 is 2.11 bits per heavy atom. The van der Waals surface area contributed by atoms with Crippen LogP contribution in [0.25, 0.3) is 10.1 Å². The lowest BCUT2D eigenvalue weighted by atomic mass is 10.0. The van der Waals surface area contributed by atoms with Crippen LogP contribution in [0, 0.1) is 0 Å². The summed E-state index contributed by atoms with van der Waals surface area (Å²) in [5, 5.41) is 14.8. The van der Waals surface area contributed by atoms with Crippen LogP contribution in [0.4, 0.5) is 0 Å². The third-order valence-electron chi connectivity index (χ3n) is 3.34. The van der Waals surface area contributed by atoms with Gasteiger partial charge in [0.05, 0.1) is 6.20 Å². The first-order valence-electron chi connectivity index (χ1n) is 6.27. The zero-order valence-corrected chi connectivity index (χ0v) is 11.5. The molecule has 0 radical (unpaired) electrons. The van der Waals surface area contributed by atoms with E-state index in [4.69, 9.17) is 0 Å². The molecular formula is C15H15N3S. The Bertz CT molecular complexity index is 663. The van der Waals surface area contributed by atoms with Crippen LogP contribution in [0.5, 0.6) is 0 Å². The van der Waals surface area contributed by atoms with Crippen LogP contribution in [-0.2, 0) is 6.42 Å². The van der Waals surface area contributed by atoms with Crippen LogP contribution >= 0.6 is 11.3 Å². The Balaban J connectivity index is 1.91. The van der Waals surface area contributed by atoms with Gasteiger partial charge in [0, 0.05) is 16.9 Å². The number of nitrogens with one attached hydrogen (secondary N) is 1. The van der Waals surface area contributed by atoms with Gasteiger partial charge in [0.15, 0.2) is 0 Å². The van der Waals surface area contributed by atoms with E-state index in [0.717, 1.165) is 6.42 Å². The van der Waals surface area contributed by atoms with E-state index < -0.39 is 0 Å². The molecule has 0 fully saturated rings. The van der Waals surface area contributed by atoms with Crippen molar-refractivity contribution in [3.05, 3.63) is 59.2 Å². The smallest absolute Gasteiger partial charge is 0.0544 e. The van der Waals surface area contributed by atoms with Crippen LogP contribution < -0.4 is 5.32 Å². The summed E-state index contributed by atoms with van der Waals surface area (Å²) >= 11 is 1.81. The molecule has 0 aliphatic carbocycles. The van der Waals surface area contributed by atoms with Crippen molar-refractivity contribution in [1.82, 2.24) is 15.5 Å². The summed E-state index contributed by atoms with van der Waals surface area (Å²) in [6.45, 7) is 0. The van der Waals surface area contributed by atoms with Crippen LogP contribution in [0.2, 0.25) is 0 Å². The minimum Gasteiger partial charge on any atom is -0.313 e. The molecule has 2 aromatic heterocycles. The molecule has 3 rings (SSSR count). The first-order valence-corrected chi connectivity index (χ1v) is 7.15. The van der Waals surface area contributed by atoms with Crippen molar-refractivity contribution < 1.29 is 0 Å². The minimum atomic E-state index is 0.272. The molecule has 19 heavy (non-hydrogen) atoms. The van der Waals surface area contributed by atoms with E-state index in [1.807, 2.05) is 19.3 Å². The molecule has 0 saturated heterocycles. The molecule has 0 amide bonds. The first-order chi connectivity index (χ1) is 9.38. The third-order valence-corrected chi connectivity index (χ3v) is 4.36. The Hall–Kier alpha value is -1.78. The predicted octanol–water partition coefficient (Wildman–Crippen LogP) is 3.19. The van der Waals surface area contributed by atoms with Gasteiger partial charge in [0.1, 0.15) is 0 Å². The van der Waals surface area contributed by atoms with Gasteiger partial charge in [-0.1, -0.05) is 18.2 Å². The van der Waals surface area contributed by atoms with Crippen LogP contribution in [0.1, 0.15) is 17.2 Å². The zero-order valence-electron chi connectivity index (χ0n) is 10.7. The Morgan fingerprint density at radius 3 is 2.89 bits per heavy atom. The molecular weight excluding hydrogens is 254 g/mol. The normalized spacial score (nSPS) is 12.7. The van der Waals surface area contributed by atoms with Crippen LogP contribution in [-0.4, -0.2) is 17.2 Å². The van der Waals surface area contributed by atoms with Gasteiger partial charge in [-0.15, -0.1) is 11.3 Å². The van der Waals surface area contributed by atoms with Gasteiger partial charge in [-0.05, 0) is 47.5 Å². The predicted molar refractivity (Wildman–Crippen MR) is 79.4 cm³/mol. The second kappa shape index (κ2) is 5.47. The number of rotatable bonds is 4. The number of likely N-dealkylation sites (N-methyl/N-ethyl adjacent to an activating group) is 1. The van der Waals surface area contributed by atoms with Crippen molar-refractivity contribution in [2.75, 3.05) is 7.05 Å². The SMILES string of the molecule is CNC(Cc1csc2ccccc12)c1ccnnc1. The zero-order chi connectivity index (χ0) is 13.1. The lowest BCUT2D eigenvalue weighted by Crippen LogP contribution is -2.18. The van der Waals surface area contributed by atoms with E-state index in [2.05, 4.69) is 45.2 Å². The number of fused-ring (bicyclic) bond motifs is 1. The number of hydrogen-bond donors (Lipinski definition) is 1. The van der Waals surface area contributed by atoms with Crippen molar-refractivity contribution >= 4 is 21.4 Å². The number of thiophene rings is 1. The van der Waals surface area contributed by atoms with Gasteiger partial charge in [-0.2, -0.15) is 10.2 Å². The van der Waals surface area contributed by atoms with Crippen LogP contribution in [0.3, 0.4) is 0 Å². The highest BCUT2D eigenvalue weighted by atomic mass is 32.1. The Labute approximate surface area is 116 Å². The first kappa shape index (κ1) is 12.3. The van der Waals surface area contributed by atoms with E-state index >= 15 is 0 Å². The Morgan fingerprint density at radius 1 is 1.21 bits per heavy atom. The van der Waals surface area contributed by atoms with Crippen molar-refractivity contribution in [2.24, 2.45) is 0 Å². The fourth-order valence-electron chi connectivity index (χ4n) is 2.30. The maximum absolute atomic E-state index is 3.96. The van der Waals surface area contributed by atoms with Gasteiger partial charge < -0.3 is 5.32 Å². The number of aromatic nitrogens is 2. The maximum Gasteiger partial charge on any atom is 0.0544 e. The molecule has 4 heteroatoms. The highest BCUT2D eigenvalue weighted by molar-refractivity contribution is 7.17. The average molecular weight is 269 g/mol. The quantitative estimate of drug-likeness (QED) is 0.790. The topological polar surface area (TPSA) is 37.8 Å². The highest BCUT2D eigenvalue weighted by Gasteiger charge is 2.13. The van der Waals surface area contributed by atoms with Crippen molar-refractivity contribution in [3.63, 3.8) is 0 Å². The highest BCUT2D eigenvalue weighted by Crippen LogP contribution is 2.29. The number of nitrogens with zero attached hydrogens (tertiary/aromatic N) is 2. The molecule has 0 aliphatic rings. The molecule has 2 heterocycles. The van der Waals surface area contributed by atoms with E-state index in [9.17, 15) is 0 Å². The van der Waals surface area contributed by atoms with E-state index in [1.54, 1.807) is 17.5 Å². The molecule has 0 aliphatic heterocycles. The Kier molecular flexibility index (Phi) is 3.53. The van der Waals surface area contributed by atoms with E-state index in [-0.39, 0.29) is 6.04 Å². The van der Waals surface area contributed by atoms with Crippen molar-refractivity contribution in [1.29, 1.82) is 0 Å². The van der Waals surface area contributed by atoms with E-state index in [0.29, 0.717) is 0 Å². The fourth-order valence-corrected chi connectivity index (χ4v) is 3.28. The molecule has 1 aromatic carbocycles. The van der Waals surface area contributed by atoms with E-state index in [1.165, 1.54) is 21.2 Å². The number of hydrogen-bond acceptors (Lipinski definition) is 4. The molecule has 3 nitrogen and oxygen atoms in total. The summed E-state index contributed by atoms with van der Waals surface area (Å²) in [6, 6.07) is 10.8. The molecule has 1 unspecified atom stereocenters. The van der Waals surface area contributed by atoms with Gasteiger partial charge in [0.2, 0.25) is 0 Å². The standard InChI is InChI=1S/C15H15N3S/c1-16-14(11-6-7-17-18-9-11)8-12-10-19-15-5-3-2-4-13(12)15/h2-7,9-10,14,16H,8H2,1H3. The molecule has 0 spiro atoms. The van der Waals surface area contributed by atoms with Crippen molar-refractivity contribution in [2.45, 2.75) is 12.5 Å².